The quantitative estimate of drug-likeness (QED) is 0.785. The summed E-state index contributed by atoms with van der Waals surface area (Å²) in [4.78, 5) is 0. The molecule has 0 amide bonds. The number of rotatable bonds is 5. The third-order valence-corrected chi connectivity index (χ3v) is 3.36. The van der Waals surface area contributed by atoms with Crippen molar-refractivity contribution in [3.63, 3.8) is 0 Å². The molecular formula is C15H21NO. The number of nitrogens with one attached hydrogen (secondary N) is 1. The zero-order valence-corrected chi connectivity index (χ0v) is 10.8. The van der Waals surface area contributed by atoms with Gasteiger partial charge >= 0.3 is 0 Å². The van der Waals surface area contributed by atoms with E-state index in [-0.39, 0.29) is 0 Å². The van der Waals surface area contributed by atoms with Crippen molar-refractivity contribution in [3.8, 4) is 5.75 Å². The van der Waals surface area contributed by atoms with Crippen molar-refractivity contribution in [2.45, 2.75) is 32.2 Å². The minimum absolute atomic E-state index is 0.495. The van der Waals surface area contributed by atoms with Gasteiger partial charge in [-0.25, -0.2) is 0 Å². The molecule has 0 spiro atoms. The Labute approximate surface area is 104 Å². The van der Waals surface area contributed by atoms with Crippen molar-refractivity contribution in [1.82, 2.24) is 5.32 Å². The molecule has 0 saturated heterocycles. The van der Waals surface area contributed by atoms with E-state index >= 15 is 0 Å². The van der Waals surface area contributed by atoms with Crippen LogP contribution in [0.25, 0.3) is 0 Å². The van der Waals surface area contributed by atoms with Crippen LogP contribution in [0.5, 0.6) is 5.75 Å². The summed E-state index contributed by atoms with van der Waals surface area (Å²) in [5.74, 6) is 1.06. The Bertz CT molecular complexity index is 411. The van der Waals surface area contributed by atoms with Gasteiger partial charge in [0.1, 0.15) is 5.75 Å². The number of benzene rings is 1. The lowest BCUT2D eigenvalue weighted by molar-refractivity contribution is 0.319. The molecule has 2 nitrogen and oxygen atoms in total. The molecule has 17 heavy (non-hydrogen) atoms. The molecule has 1 aromatic carbocycles. The lowest BCUT2D eigenvalue weighted by atomic mass is 10.1. The predicted octanol–water partition coefficient (Wildman–Crippen LogP) is 3.24. The van der Waals surface area contributed by atoms with Crippen molar-refractivity contribution >= 4 is 0 Å². The van der Waals surface area contributed by atoms with Crippen LogP contribution in [-0.2, 0) is 6.42 Å². The van der Waals surface area contributed by atoms with E-state index in [1.54, 1.807) is 0 Å². The molecule has 1 aliphatic carbocycles. The lowest BCUT2D eigenvalue weighted by Gasteiger charge is -2.13. The van der Waals surface area contributed by atoms with Crippen LogP contribution in [0, 0.1) is 0 Å². The molecule has 1 aliphatic rings. The van der Waals surface area contributed by atoms with Gasteiger partial charge in [0.05, 0.1) is 6.61 Å². The van der Waals surface area contributed by atoms with Crippen LogP contribution < -0.4 is 10.1 Å². The van der Waals surface area contributed by atoms with Gasteiger partial charge in [-0.05, 0) is 44.0 Å². The maximum absolute atomic E-state index is 5.86. The van der Waals surface area contributed by atoms with Crippen LogP contribution in [0.4, 0.5) is 0 Å². The molecule has 2 heteroatoms. The first-order chi connectivity index (χ1) is 8.22. The topological polar surface area (TPSA) is 21.3 Å². The summed E-state index contributed by atoms with van der Waals surface area (Å²) in [6.07, 6.45) is 3.22. The molecule has 1 unspecified atom stereocenters. The molecule has 1 aromatic rings. The fraction of sp³-hybridized carbons (Fsp3) is 0.467. The van der Waals surface area contributed by atoms with Crippen molar-refractivity contribution in [3.05, 3.63) is 41.5 Å². The highest BCUT2D eigenvalue weighted by Gasteiger charge is 2.23. The molecule has 0 aliphatic heterocycles. The van der Waals surface area contributed by atoms with E-state index < -0.39 is 0 Å². The highest BCUT2D eigenvalue weighted by molar-refractivity contribution is 5.45. The molecule has 0 saturated carbocycles. The van der Waals surface area contributed by atoms with E-state index in [4.69, 9.17) is 4.74 Å². The van der Waals surface area contributed by atoms with Gasteiger partial charge in [0.25, 0.3) is 0 Å². The van der Waals surface area contributed by atoms with Crippen LogP contribution in [0.1, 0.15) is 36.9 Å². The highest BCUT2D eigenvalue weighted by Crippen LogP contribution is 2.36. The van der Waals surface area contributed by atoms with Gasteiger partial charge in [-0.1, -0.05) is 17.7 Å². The summed E-state index contributed by atoms with van der Waals surface area (Å²) < 4.78 is 5.86. The van der Waals surface area contributed by atoms with Gasteiger partial charge in [-0.2, -0.15) is 0 Å². The summed E-state index contributed by atoms with van der Waals surface area (Å²) in [6.45, 7) is 6.66. The minimum atomic E-state index is 0.495. The smallest absolute Gasteiger partial charge is 0.122 e. The normalized spacial score (nSPS) is 17.9. The first-order valence-electron chi connectivity index (χ1n) is 6.28. The summed E-state index contributed by atoms with van der Waals surface area (Å²) in [6, 6.07) is 6.87. The Morgan fingerprint density at radius 3 is 3.06 bits per heavy atom. The van der Waals surface area contributed by atoms with Crippen LogP contribution >= 0.6 is 0 Å². The molecular weight excluding hydrogens is 210 g/mol. The lowest BCUT2D eigenvalue weighted by Crippen LogP contribution is -2.12. The summed E-state index contributed by atoms with van der Waals surface area (Å²) in [5.41, 5.74) is 3.96. The van der Waals surface area contributed by atoms with Crippen molar-refractivity contribution in [2.75, 3.05) is 13.7 Å². The largest absolute Gasteiger partial charge is 0.493 e. The Balaban J connectivity index is 2.09. The fourth-order valence-corrected chi connectivity index (χ4v) is 2.39. The average molecular weight is 231 g/mol. The molecule has 0 radical (unpaired) electrons. The second kappa shape index (κ2) is 5.37. The van der Waals surface area contributed by atoms with E-state index in [0.29, 0.717) is 6.04 Å². The number of hydrogen-bond acceptors (Lipinski definition) is 2. The molecule has 1 N–H and O–H groups in total. The number of ether oxygens (including phenoxy) is 1. The molecule has 0 heterocycles. The molecule has 2 rings (SSSR count). The van der Waals surface area contributed by atoms with Crippen molar-refractivity contribution in [2.24, 2.45) is 0 Å². The van der Waals surface area contributed by atoms with E-state index in [9.17, 15) is 0 Å². The Morgan fingerprint density at radius 2 is 2.35 bits per heavy atom. The molecule has 1 atom stereocenters. The van der Waals surface area contributed by atoms with E-state index in [1.165, 1.54) is 23.1 Å². The Hall–Kier alpha value is -1.28. The van der Waals surface area contributed by atoms with Gasteiger partial charge in [0.15, 0.2) is 0 Å². The Kier molecular flexibility index (Phi) is 3.85. The number of fused-ring (bicyclic) bond motifs is 1. The zero-order chi connectivity index (χ0) is 12.3. The van der Waals surface area contributed by atoms with Crippen LogP contribution in [0.3, 0.4) is 0 Å². The predicted molar refractivity (Wildman–Crippen MR) is 71.5 cm³/mol. The standard InChI is InChI=1S/C15H21NO/c1-11(2)9-10-17-15-6-4-5-12-13(15)7-8-14(12)16-3/h4-6,14,16H,1,7-10H2,2-3H3. The minimum Gasteiger partial charge on any atom is -0.493 e. The first kappa shape index (κ1) is 12.2. The van der Waals surface area contributed by atoms with Gasteiger partial charge in [0.2, 0.25) is 0 Å². The molecule has 0 aromatic heterocycles. The van der Waals surface area contributed by atoms with Gasteiger partial charge in [-0.15, -0.1) is 6.58 Å². The van der Waals surface area contributed by atoms with Crippen LogP contribution in [0.2, 0.25) is 0 Å². The van der Waals surface area contributed by atoms with Crippen LogP contribution in [-0.4, -0.2) is 13.7 Å². The van der Waals surface area contributed by atoms with Gasteiger partial charge < -0.3 is 10.1 Å². The molecule has 92 valence electrons. The second-order valence-electron chi connectivity index (χ2n) is 4.76. The zero-order valence-electron chi connectivity index (χ0n) is 10.8. The van der Waals surface area contributed by atoms with E-state index in [2.05, 4.69) is 30.1 Å². The summed E-state index contributed by atoms with van der Waals surface area (Å²) in [5, 5.41) is 3.35. The van der Waals surface area contributed by atoms with Crippen molar-refractivity contribution < 1.29 is 4.74 Å². The fourth-order valence-electron chi connectivity index (χ4n) is 2.39. The first-order valence-corrected chi connectivity index (χ1v) is 6.28. The maximum atomic E-state index is 5.86. The maximum Gasteiger partial charge on any atom is 0.122 e. The second-order valence-corrected chi connectivity index (χ2v) is 4.76. The Morgan fingerprint density at radius 1 is 1.53 bits per heavy atom. The monoisotopic (exact) mass is 231 g/mol. The van der Waals surface area contributed by atoms with Crippen molar-refractivity contribution in [1.29, 1.82) is 0 Å². The third kappa shape index (κ3) is 2.70. The SMILES string of the molecule is C=C(C)CCOc1cccc2c1CCC2NC. The van der Waals surface area contributed by atoms with Gasteiger partial charge in [0, 0.05) is 12.5 Å². The molecule has 0 bridgehead atoms. The van der Waals surface area contributed by atoms with E-state index in [1.807, 2.05) is 14.0 Å². The number of hydrogen-bond donors (Lipinski definition) is 1. The van der Waals surface area contributed by atoms with Crippen LogP contribution in [0.15, 0.2) is 30.4 Å². The third-order valence-electron chi connectivity index (χ3n) is 3.36. The molecule has 0 fully saturated rings. The summed E-state index contributed by atoms with van der Waals surface area (Å²) >= 11 is 0. The van der Waals surface area contributed by atoms with Gasteiger partial charge in [-0.3, -0.25) is 0 Å². The average Bonchev–Trinajstić information content (AvgIpc) is 2.72. The van der Waals surface area contributed by atoms with E-state index in [0.717, 1.165) is 25.2 Å². The summed E-state index contributed by atoms with van der Waals surface area (Å²) in [7, 11) is 2.02. The highest BCUT2D eigenvalue weighted by atomic mass is 16.5.